The molecule has 1 aromatic rings. The second kappa shape index (κ2) is 9.19. The summed E-state index contributed by atoms with van der Waals surface area (Å²) in [6.45, 7) is 3.51. The Morgan fingerprint density at radius 1 is 1.41 bits per heavy atom. The summed E-state index contributed by atoms with van der Waals surface area (Å²) >= 11 is 0. The van der Waals surface area contributed by atoms with E-state index in [0.717, 1.165) is 4.31 Å². The average molecular weight is 397 g/mol. The molecule has 0 bridgehead atoms. The number of aliphatic hydroxyl groups is 1. The number of carboxylic acid groups (broad SMARTS) is 1. The van der Waals surface area contributed by atoms with Gasteiger partial charge >= 0.3 is 5.97 Å². The van der Waals surface area contributed by atoms with Crippen LogP contribution in [0.1, 0.15) is 20.3 Å². The highest BCUT2D eigenvalue weighted by molar-refractivity contribution is 7.89. The molecule has 3 unspecified atom stereocenters. The van der Waals surface area contributed by atoms with Crippen molar-refractivity contribution in [3.8, 4) is 17.6 Å². The van der Waals surface area contributed by atoms with E-state index in [1.807, 2.05) is 6.92 Å². The van der Waals surface area contributed by atoms with Gasteiger partial charge in [-0.15, -0.1) is 0 Å². The maximum absolute atomic E-state index is 12.8. The Balaban J connectivity index is 2.12. The first-order valence-corrected chi connectivity index (χ1v) is 9.97. The molecule has 1 aromatic carbocycles. The SMILES string of the molecule is CCC(O)C#CCOc1ccc(S(=O)(=O)N2CCOC(C)C2C(=O)O)cc1. The topological polar surface area (TPSA) is 113 Å². The molecule has 9 heteroatoms. The minimum absolute atomic E-state index is 0.0253. The van der Waals surface area contributed by atoms with Crippen LogP contribution in [0.15, 0.2) is 29.2 Å². The number of sulfonamides is 1. The number of aliphatic carboxylic acids is 1. The van der Waals surface area contributed by atoms with E-state index in [1.54, 1.807) is 0 Å². The monoisotopic (exact) mass is 397 g/mol. The zero-order chi connectivity index (χ0) is 20.0. The van der Waals surface area contributed by atoms with Gasteiger partial charge in [-0.1, -0.05) is 18.8 Å². The first-order chi connectivity index (χ1) is 12.8. The van der Waals surface area contributed by atoms with Crippen LogP contribution in [0.25, 0.3) is 0 Å². The van der Waals surface area contributed by atoms with E-state index in [9.17, 15) is 23.4 Å². The number of ether oxygens (including phenoxy) is 2. The van der Waals surface area contributed by atoms with E-state index in [2.05, 4.69) is 11.8 Å². The lowest BCUT2D eigenvalue weighted by Gasteiger charge is -2.36. The average Bonchev–Trinajstić information content (AvgIpc) is 2.64. The van der Waals surface area contributed by atoms with Crippen LogP contribution in [0.3, 0.4) is 0 Å². The summed E-state index contributed by atoms with van der Waals surface area (Å²) in [5.74, 6) is 4.45. The number of morpholine rings is 1. The Bertz CT molecular complexity index is 810. The Morgan fingerprint density at radius 2 is 2.07 bits per heavy atom. The molecule has 0 aromatic heterocycles. The van der Waals surface area contributed by atoms with Gasteiger partial charge in [0.15, 0.2) is 0 Å². The molecule has 0 radical (unpaired) electrons. The predicted molar refractivity (Wildman–Crippen MR) is 96.7 cm³/mol. The van der Waals surface area contributed by atoms with E-state index >= 15 is 0 Å². The van der Waals surface area contributed by atoms with Gasteiger partial charge < -0.3 is 19.7 Å². The van der Waals surface area contributed by atoms with Gasteiger partial charge in [0.05, 0.1) is 17.6 Å². The third kappa shape index (κ3) is 5.20. The number of nitrogens with zero attached hydrogens (tertiary/aromatic N) is 1. The van der Waals surface area contributed by atoms with Crippen molar-refractivity contribution in [2.24, 2.45) is 0 Å². The fourth-order valence-corrected chi connectivity index (χ4v) is 4.24. The molecule has 2 rings (SSSR count). The van der Waals surface area contributed by atoms with E-state index in [-0.39, 0.29) is 24.7 Å². The summed E-state index contributed by atoms with van der Waals surface area (Å²) in [5, 5.41) is 18.7. The quantitative estimate of drug-likeness (QED) is 0.680. The van der Waals surface area contributed by atoms with Gasteiger partial charge in [0.25, 0.3) is 0 Å². The molecule has 0 spiro atoms. The summed E-state index contributed by atoms with van der Waals surface area (Å²) in [6, 6.07) is 4.39. The number of hydrogen-bond donors (Lipinski definition) is 2. The maximum atomic E-state index is 12.8. The molecule has 1 heterocycles. The summed E-state index contributed by atoms with van der Waals surface area (Å²) in [5.41, 5.74) is 0. The number of aliphatic hydroxyl groups excluding tert-OH is 1. The highest BCUT2D eigenvalue weighted by Gasteiger charge is 2.42. The maximum Gasteiger partial charge on any atom is 0.324 e. The number of rotatable bonds is 6. The van der Waals surface area contributed by atoms with E-state index in [1.165, 1.54) is 31.2 Å². The number of hydrogen-bond acceptors (Lipinski definition) is 6. The summed E-state index contributed by atoms with van der Waals surface area (Å²) in [7, 11) is -3.99. The van der Waals surface area contributed by atoms with Crippen LogP contribution in [-0.4, -0.2) is 66.9 Å². The predicted octanol–water partition coefficient (Wildman–Crippen LogP) is 0.702. The second-order valence-corrected chi connectivity index (χ2v) is 7.87. The summed E-state index contributed by atoms with van der Waals surface area (Å²) in [4.78, 5) is 11.5. The molecule has 3 atom stereocenters. The van der Waals surface area contributed by atoms with Crippen molar-refractivity contribution in [3.63, 3.8) is 0 Å². The van der Waals surface area contributed by atoms with Crippen molar-refractivity contribution in [1.29, 1.82) is 0 Å². The zero-order valence-corrected chi connectivity index (χ0v) is 16.0. The van der Waals surface area contributed by atoms with Crippen LogP contribution >= 0.6 is 0 Å². The van der Waals surface area contributed by atoms with E-state index in [4.69, 9.17) is 9.47 Å². The lowest BCUT2D eigenvalue weighted by atomic mass is 10.1. The van der Waals surface area contributed by atoms with Crippen molar-refractivity contribution >= 4 is 16.0 Å². The van der Waals surface area contributed by atoms with Crippen molar-refractivity contribution < 1.29 is 32.9 Å². The molecule has 0 amide bonds. The Kier molecular flexibility index (Phi) is 7.21. The summed E-state index contributed by atoms with van der Waals surface area (Å²) < 4.78 is 37.3. The van der Waals surface area contributed by atoms with Crippen molar-refractivity contribution in [1.82, 2.24) is 4.31 Å². The standard InChI is InChI=1S/C18H23NO7S/c1-3-14(20)5-4-11-26-15-6-8-16(9-7-15)27(23,24)19-10-12-25-13(2)17(19)18(21)22/h6-9,13-14,17,20H,3,10-12H2,1-2H3,(H,21,22). The Hall–Kier alpha value is -2.12. The van der Waals surface area contributed by atoms with E-state index in [0.29, 0.717) is 12.2 Å². The molecule has 1 aliphatic rings. The van der Waals surface area contributed by atoms with Crippen LogP contribution in [0.4, 0.5) is 0 Å². The van der Waals surface area contributed by atoms with Gasteiger partial charge in [-0.3, -0.25) is 4.79 Å². The van der Waals surface area contributed by atoms with Crippen molar-refractivity contribution in [2.45, 2.75) is 43.4 Å². The summed E-state index contributed by atoms with van der Waals surface area (Å²) in [6.07, 6.45) is -0.915. The molecule has 1 saturated heterocycles. The molecule has 0 aliphatic carbocycles. The molecular formula is C18H23NO7S. The highest BCUT2D eigenvalue weighted by Crippen LogP contribution is 2.25. The second-order valence-electron chi connectivity index (χ2n) is 5.98. The van der Waals surface area contributed by atoms with Crippen molar-refractivity contribution in [3.05, 3.63) is 24.3 Å². The van der Waals surface area contributed by atoms with Gasteiger partial charge in [-0.05, 0) is 37.6 Å². The lowest BCUT2D eigenvalue weighted by Crippen LogP contribution is -2.56. The molecule has 0 saturated carbocycles. The van der Waals surface area contributed by atoms with Gasteiger partial charge in [0.1, 0.15) is 24.5 Å². The van der Waals surface area contributed by atoms with Crippen LogP contribution < -0.4 is 4.74 Å². The fourth-order valence-electron chi connectivity index (χ4n) is 2.61. The van der Waals surface area contributed by atoms with Gasteiger partial charge in [0.2, 0.25) is 10.0 Å². The molecule has 8 nitrogen and oxygen atoms in total. The molecule has 1 aliphatic heterocycles. The van der Waals surface area contributed by atoms with Crippen LogP contribution in [0.2, 0.25) is 0 Å². The first kappa shape index (κ1) is 21.2. The Morgan fingerprint density at radius 3 is 2.67 bits per heavy atom. The van der Waals surface area contributed by atoms with Crippen LogP contribution in [0, 0.1) is 11.8 Å². The number of carboxylic acids is 1. The third-order valence-corrected chi connectivity index (χ3v) is 5.99. The molecule has 1 fully saturated rings. The zero-order valence-electron chi connectivity index (χ0n) is 15.2. The first-order valence-electron chi connectivity index (χ1n) is 8.53. The van der Waals surface area contributed by atoms with E-state index < -0.39 is 34.2 Å². The molecule has 148 valence electrons. The molecular weight excluding hydrogens is 374 g/mol. The fraction of sp³-hybridized carbons (Fsp3) is 0.500. The lowest BCUT2D eigenvalue weighted by molar-refractivity contribution is -0.150. The highest BCUT2D eigenvalue weighted by atomic mass is 32.2. The van der Waals surface area contributed by atoms with Gasteiger partial charge in [-0.2, -0.15) is 4.31 Å². The largest absolute Gasteiger partial charge is 0.481 e. The molecule has 27 heavy (non-hydrogen) atoms. The van der Waals surface area contributed by atoms with Gasteiger partial charge in [-0.25, -0.2) is 8.42 Å². The normalized spacial score (nSPS) is 21.7. The Labute approximate surface area is 158 Å². The smallest absolute Gasteiger partial charge is 0.324 e. The minimum atomic E-state index is -3.99. The van der Waals surface area contributed by atoms with Gasteiger partial charge in [0, 0.05) is 6.54 Å². The minimum Gasteiger partial charge on any atom is -0.481 e. The number of benzene rings is 1. The third-order valence-electron chi connectivity index (χ3n) is 4.10. The molecule has 2 N–H and O–H groups in total. The number of carbonyl (C=O) groups is 1. The van der Waals surface area contributed by atoms with Crippen LogP contribution in [0.5, 0.6) is 5.75 Å². The van der Waals surface area contributed by atoms with Crippen molar-refractivity contribution in [2.75, 3.05) is 19.8 Å². The van der Waals surface area contributed by atoms with Crippen LogP contribution in [-0.2, 0) is 19.6 Å².